The van der Waals surface area contributed by atoms with Crippen LogP contribution in [-0.4, -0.2) is 17.6 Å². The SMILES string of the molecule is CCOC(=O)Cc1ncc(C(F)(F)F)cc1Br. The average Bonchev–Trinajstić information content (AvgIpc) is 2.20. The molecule has 0 spiro atoms. The van der Waals surface area contributed by atoms with Crippen LogP contribution < -0.4 is 0 Å². The summed E-state index contributed by atoms with van der Waals surface area (Å²) >= 11 is 2.95. The second kappa shape index (κ2) is 5.48. The summed E-state index contributed by atoms with van der Waals surface area (Å²) in [4.78, 5) is 14.7. The standard InChI is InChI=1S/C10H9BrF3NO2/c1-2-17-9(16)4-8-7(11)3-6(5-15-8)10(12,13)14/h3,5H,2,4H2,1H3. The summed E-state index contributed by atoms with van der Waals surface area (Å²) in [7, 11) is 0. The summed E-state index contributed by atoms with van der Waals surface area (Å²) < 4.78 is 41.8. The van der Waals surface area contributed by atoms with Crippen molar-refractivity contribution < 1.29 is 22.7 Å². The fourth-order valence-corrected chi connectivity index (χ4v) is 1.59. The van der Waals surface area contributed by atoms with Crippen LogP contribution in [0.5, 0.6) is 0 Å². The number of aromatic nitrogens is 1. The lowest BCUT2D eigenvalue weighted by Crippen LogP contribution is -2.11. The smallest absolute Gasteiger partial charge is 0.417 e. The zero-order valence-electron chi connectivity index (χ0n) is 8.84. The molecule has 17 heavy (non-hydrogen) atoms. The van der Waals surface area contributed by atoms with Crippen molar-refractivity contribution in [1.29, 1.82) is 0 Å². The first-order valence-electron chi connectivity index (χ1n) is 4.71. The topological polar surface area (TPSA) is 39.2 Å². The van der Waals surface area contributed by atoms with E-state index in [0.29, 0.717) is 6.20 Å². The van der Waals surface area contributed by atoms with E-state index in [0.717, 1.165) is 6.07 Å². The maximum atomic E-state index is 12.3. The Hall–Kier alpha value is -1.11. The Balaban J connectivity index is 2.87. The van der Waals surface area contributed by atoms with Crippen LogP contribution in [0.25, 0.3) is 0 Å². The Labute approximate surface area is 104 Å². The molecule has 0 aliphatic rings. The van der Waals surface area contributed by atoms with Gasteiger partial charge < -0.3 is 4.74 Å². The number of nitrogens with zero attached hydrogens (tertiary/aromatic N) is 1. The highest BCUT2D eigenvalue weighted by molar-refractivity contribution is 9.10. The van der Waals surface area contributed by atoms with E-state index in [1.807, 2.05) is 0 Å². The van der Waals surface area contributed by atoms with Crippen molar-refractivity contribution in [2.24, 2.45) is 0 Å². The molecule has 0 N–H and O–H groups in total. The van der Waals surface area contributed by atoms with Gasteiger partial charge in [0, 0.05) is 10.7 Å². The maximum absolute atomic E-state index is 12.3. The van der Waals surface area contributed by atoms with Crippen LogP contribution in [0.15, 0.2) is 16.7 Å². The molecule has 0 bridgehead atoms. The van der Waals surface area contributed by atoms with Crippen LogP contribution in [0.2, 0.25) is 0 Å². The quantitative estimate of drug-likeness (QED) is 0.806. The van der Waals surface area contributed by atoms with Crippen LogP contribution in [0.3, 0.4) is 0 Å². The Morgan fingerprint density at radius 2 is 2.18 bits per heavy atom. The number of rotatable bonds is 3. The molecule has 1 heterocycles. The van der Waals surface area contributed by atoms with Gasteiger partial charge in [-0.05, 0) is 28.9 Å². The Kier molecular flexibility index (Phi) is 4.50. The second-order valence-electron chi connectivity index (χ2n) is 3.13. The van der Waals surface area contributed by atoms with Gasteiger partial charge >= 0.3 is 12.1 Å². The molecule has 1 rings (SSSR count). The zero-order chi connectivity index (χ0) is 13.1. The van der Waals surface area contributed by atoms with Gasteiger partial charge in [-0.15, -0.1) is 0 Å². The number of ether oxygens (including phenoxy) is 1. The first kappa shape index (κ1) is 14.0. The minimum atomic E-state index is -4.45. The largest absolute Gasteiger partial charge is 0.466 e. The average molecular weight is 312 g/mol. The van der Waals surface area contributed by atoms with Gasteiger partial charge in [0.05, 0.1) is 24.3 Å². The Morgan fingerprint density at radius 1 is 1.53 bits per heavy atom. The van der Waals surface area contributed by atoms with E-state index in [2.05, 4.69) is 25.7 Å². The summed E-state index contributed by atoms with van der Waals surface area (Å²) in [6.45, 7) is 1.87. The normalized spacial score (nSPS) is 11.4. The molecule has 3 nitrogen and oxygen atoms in total. The lowest BCUT2D eigenvalue weighted by Gasteiger charge is -2.08. The molecule has 0 radical (unpaired) electrons. The third-order valence-corrected chi connectivity index (χ3v) is 2.55. The minimum Gasteiger partial charge on any atom is -0.466 e. The highest BCUT2D eigenvalue weighted by Gasteiger charge is 2.31. The molecule has 7 heteroatoms. The molecule has 0 atom stereocenters. The minimum absolute atomic E-state index is 0.139. The van der Waals surface area contributed by atoms with Crippen molar-refractivity contribution in [3.63, 3.8) is 0 Å². The molecule has 0 aliphatic carbocycles. The van der Waals surface area contributed by atoms with Gasteiger partial charge in [-0.1, -0.05) is 0 Å². The van der Waals surface area contributed by atoms with E-state index in [4.69, 9.17) is 0 Å². The number of alkyl halides is 3. The van der Waals surface area contributed by atoms with E-state index in [-0.39, 0.29) is 23.2 Å². The lowest BCUT2D eigenvalue weighted by molar-refractivity contribution is -0.142. The van der Waals surface area contributed by atoms with Crippen LogP contribution in [0.1, 0.15) is 18.2 Å². The highest BCUT2D eigenvalue weighted by Crippen LogP contribution is 2.31. The first-order chi connectivity index (χ1) is 7.84. The molecule has 1 aromatic rings. The molecular weight excluding hydrogens is 303 g/mol. The van der Waals surface area contributed by atoms with Crippen molar-refractivity contribution in [1.82, 2.24) is 4.98 Å². The molecule has 0 saturated carbocycles. The zero-order valence-corrected chi connectivity index (χ0v) is 10.4. The van der Waals surface area contributed by atoms with E-state index >= 15 is 0 Å². The number of carbonyl (C=O) groups is 1. The van der Waals surface area contributed by atoms with E-state index in [9.17, 15) is 18.0 Å². The van der Waals surface area contributed by atoms with Crippen LogP contribution in [0.4, 0.5) is 13.2 Å². The fraction of sp³-hybridized carbons (Fsp3) is 0.400. The van der Waals surface area contributed by atoms with Crippen LogP contribution in [0, 0.1) is 0 Å². The molecule has 94 valence electrons. The van der Waals surface area contributed by atoms with Crippen molar-refractivity contribution in [3.05, 3.63) is 28.0 Å². The summed E-state index contributed by atoms with van der Waals surface area (Å²) in [5, 5.41) is 0. The van der Waals surface area contributed by atoms with Crippen molar-refractivity contribution in [3.8, 4) is 0 Å². The summed E-state index contributed by atoms with van der Waals surface area (Å²) in [6, 6.07) is 0.890. The predicted octanol–water partition coefficient (Wildman–Crippen LogP) is 2.97. The highest BCUT2D eigenvalue weighted by atomic mass is 79.9. The molecule has 0 amide bonds. The van der Waals surface area contributed by atoms with Crippen molar-refractivity contribution in [2.75, 3.05) is 6.61 Å². The Morgan fingerprint density at radius 3 is 2.65 bits per heavy atom. The number of pyridine rings is 1. The third kappa shape index (κ3) is 3.99. The number of carbonyl (C=O) groups excluding carboxylic acids is 1. The van der Waals surface area contributed by atoms with Crippen molar-refractivity contribution in [2.45, 2.75) is 19.5 Å². The van der Waals surface area contributed by atoms with Gasteiger partial charge in [-0.3, -0.25) is 9.78 Å². The van der Waals surface area contributed by atoms with E-state index < -0.39 is 17.7 Å². The monoisotopic (exact) mass is 311 g/mol. The van der Waals surface area contributed by atoms with Gasteiger partial charge in [0.1, 0.15) is 0 Å². The van der Waals surface area contributed by atoms with Crippen LogP contribution >= 0.6 is 15.9 Å². The van der Waals surface area contributed by atoms with Gasteiger partial charge in [0.25, 0.3) is 0 Å². The van der Waals surface area contributed by atoms with Crippen LogP contribution in [-0.2, 0) is 22.1 Å². The number of hydrogen-bond donors (Lipinski definition) is 0. The fourth-order valence-electron chi connectivity index (χ4n) is 1.10. The summed E-state index contributed by atoms with van der Waals surface area (Å²) in [5.41, 5.74) is -0.645. The van der Waals surface area contributed by atoms with Crippen molar-refractivity contribution >= 4 is 21.9 Å². The predicted molar refractivity (Wildman–Crippen MR) is 57.3 cm³/mol. The number of esters is 1. The lowest BCUT2D eigenvalue weighted by atomic mass is 10.2. The van der Waals surface area contributed by atoms with E-state index in [1.165, 1.54) is 0 Å². The second-order valence-corrected chi connectivity index (χ2v) is 3.99. The Bertz CT molecular complexity index is 421. The van der Waals surface area contributed by atoms with Gasteiger partial charge in [0.15, 0.2) is 0 Å². The molecule has 0 aromatic carbocycles. The molecule has 0 fully saturated rings. The molecule has 0 saturated heterocycles. The maximum Gasteiger partial charge on any atom is 0.417 e. The molecule has 0 aliphatic heterocycles. The van der Waals surface area contributed by atoms with Gasteiger partial charge in [0.2, 0.25) is 0 Å². The van der Waals surface area contributed by atoms with Gasteiger partial charge in [-0.2, -0.15) is 13.2 Å². The number of hydrogen-bond acceptors (Lipinski definition) is 3. The molecule has 0 unspecified atom stereocenters. The number of halogens is 4. The summed E-state index contributed by atoms with van der Waals surface area (Å²) in [6.07, 6.45) is -3.91. The third-order valence-electron chi connectivity index (χ3n) is 1.86. The van der Waals surface area contributed by atoms with E-state index in [1.54, 1.807) is 6.92 Å². The van der Waals surface area contributed by atoms with Gasteiger partial charge in [-0.25, -0.2) is 0 Å². The molecular formula is C10H9BrF3NO2. The molecule has 1 aromatic heterocycles. The first-order valence-corrected chi connectivity index (χ1v) is 5.51. The summed E-state index contributed by atoms with van der Waals surface area (Å²) in [5.74, 6) is -0.527.